The molecule has 1 heterocycles. The van der Waals surface area contributed by atoms with Gasteiger partial charge in [0, 0.05) is 37.7 Å². The predicted octanol–water partition coefficient (Wildman–Crippen LogP) is 3.31. The zero-order chi connectivity index (χ0) is 17.9. The number of rotatable bonds is 2. The Labute approximate surface area is 145 Å². The van der Waals surface area contributed by atoms with Gasteiger partial charge in [0.2, 0.25) is 5.91 Å². The maximum Gasteiger partial charge on any atom is 0.253 e. The Kier molecular flexibility index (Phi) is 5.68. The van der Waals surface area contributed by atoms with Gasteiger partial charge < -0.3 is 9.80 Å². The lowest BCUT2D eigenvalue weighted by atomic mass is 9.86. The topological polar surface area (TPSA) is 40.6 Å². The molecule has 0 radical (unpaired) electrons. The highest BCUT2D eigenvalue weighted by atomic mass is 16.2. The summed E-state index contributed by atoms with van der Waals surface area (Å²) in [6.45, 7) is 13.0. The Bertz CT molecular complexity index is 585. The van der Waals surface area contributed by atoms with Crippen LogP contribution in [-0.4, -0.2) is 47.8 Å². The molecule has 0 unspecified atom stereocenters. The van der Waals surface area contributed by atoms with E-state index in [0.29, 0.717) is 19.6 Å². The molecule has 0 N–H and O–H groups in total. The number of hydrogen-bond acceptors (Lipinski definition) is 2. The first-order chi connectivity index (χ1) is 11.2. The SMILES string of the molecule is CC(C)C(=O)N1CCCN(C(=O)c2ccc(C(C)(C)C)cc2)CC1. The van der Waals surface area contributed by atoms with Gasteiger partial charge in [-0.1, -0.05) is 46.8 Å². The van der Waals surface area contributed by atoms with Crippen LogP contribution in [0.3, 0.4) is 0 Å². The van der Waals surface area contributed by atoms with Gasteiger partial charge in [-0.2, -0.15) is 0 Å². The number of nitrogens with zero attached hydrogens (tertiary/aromatic N) is 2. The molecule has 0 bridgehead atoms. The van der Waals surface area contributed by atoms with Crippen LogP contribution >= 0.6 is 0 Å². The minimum atomic E-state index is 0.0113. The maximum absolute atomic E-state index is 12.7. The van der Waals surface area contributed by atoms with E-state index in [1.165, 1.54) is 5.56 Å². The molecule has 1 aliphatic heterocycles. The molecule has 24 heavy (non-hydrogen) atoms. The van der Waals surface area contributed by atoms with Crippen LogP contribution in [-0.2, 0) is 10.2 Å². The summed E-state index contributed by atoms with van der Waals surface area (Å²) < 4.78 is 0. The van der Waals surface area contributed by atoms with Crippen LogP contribution in [0.1, 0.15) is 57.0 Å². The van der Waals surface area contributed by atoms with E-state index in [2.05, 4.69) is 20.8 Å². The first-order valence-corrected chi connectivity index (χ1v) is 8.89. The maximum atomic E-state index is 12.7. The first kappa shape index (κ1) is 18.5. The van der Waals surface area contributed by atoms with E-state index < -0.39 is 0 Å². The molecule has 132 valence electrons. The van der Waals surface area contributed by atoms with E-state index >= 15 is 0 Å². The summed E-state index contributed by atoms with van der Waals surface area (Å²) in [7, 11) is 0. The molecule has 4 heteroatoms. The fourth-order valence-corrected chi connectivity index (χ4v) is 3.00. The Hall–Kier alpha value is -1.84. The number of amides is 2. The summed E-state index contributed by atoms with van der Waals surface area (Å²) in [5.41, 5.74) is 2.04. The Balaban J connectivity index is 2.04. The molecular weight excluding hydrogens is 300 g/mol. The van der Waals surface area contributed by atoms with Crippen LogP contribution in [0.5, 0.6) is 0 Å². The van der Waals surface area contributed by atoms with E-state index in [1.54, 1.807) is 0 Å². The third kappa shape index (κ3) is 4.37. The molecule has 4 nitrogen and oxygen atoms in total. The first-order valence-electron chi connectivity index (χ1n) is 8.89. The van der Waals surface area contributed by atoms with Crippen molar-refractivity contribution < 1.29 is 9.59 Å². The standard InChI is InChI=1S/C20H30N2O2/c1-15(2)18(23)21-11-6-12-22(14-13-21)19(24)16-7-9-17(10-8-16)20(3,4)5/h7-10,15H,6,11-14H2,1-5H3. The van der Waals surface area contributed by atoms with Gasteiger partial charge in [-0.15, -0.1) is 0 Å². The van der Waals surface area contributed by atoms with E-state index in [1.807, 2.05) is 47.9 Å². The van der Waals surface area contributed by atoms with Crippen LogP contribution < -0.4 is 0 Å². The number of carbonyl (C=O) groups excluding carboxylic acids is 2. The van der Waals surface area contributed by atoms with Crippen LogP contribution in [0, 0.1) is 5.92 Å². The zero-order valence-electron chi connectivity index (χ0n) is 15.6. The second-order valence-electron chi connectivity index (χ2n) is 7.95. The lowest BCUT2D eigenvalue weighted by molar-refractivity contribution is -0.134. The van der Waals surface area contributed by atoms with E-state index in [-0.39, 0.29) is 23.1 Å². The average Bonchev–Trinajstić information content (AvgIpc) is 2.78. The van der Waals surface area contributed by atoms with Gasteiger partial charge in [-0.25, -0.2) is 0 Å². The van der Waals surface area contributed by atoms with Crippen molar-refractivity contribution in [3.8, 4) is 0 Å². The summed E-state index contributed by atoms with van der Waals surface area (Å²) in [4.78, 5) is 28.7. The monoisotopic (exact) mass is 330 g/mol. The molecule has 0 saturated carbocycles. The highest BCUT2D eigenvalue weighted by Gasteiger charge is 2.24. The summed E-state index contributed by atoms with van der Waals surface area (Å²) in [6.07, 6.45) is 0.838. The van der Waals surface area contributed by atoms with Gasteiger partial charge in [-0.3, -0.25) is 9.59 Å². The second-order valence-corrected chi connectivity index (χ2v) is 7.95. The van der Waals surface area contributed by atoms with Crippen molar-refractivity contribution in [1.29, 1.82) is 0 Å². The van der Waals surface area contributed by atoms with Gasteiger partial charge >= 0.3 is 0 Å². The summed E-state index contributed by atoms with van der Waals surface area (Å²) in [6, 6.07) is 7.93. The molecule has 2 amide bonds. The van der Waals surface area contributed by atoms with Crippen molar-refractivity contribution in [2.24, 2.45) is 5.92 Å². The summed E-state index contributed by atoms with van der Waals surface area (Å²) >= 11 is 0. The fraction of sp³-hybridized carbons (Fsp3) is 0.600. The van der Waals surface area contributed by atoms with E-state index in [4.69, 9.17) is 0 Å². The third-order valence-electron chi connectivity index (χ3n) is 4.59. The van der Waals surface area contributed by atoms with Gasteiger partial charge in [-0.05, 0) is 29.5 Å². The lowest BCUT2D eigenvalue weighted by Crippen LogP contribution is -2.39. The smallest absolute Gasteiger partial charge is 0.253 e. The molecule has 1 aromatic rings. The minimum Gasteiger partial charge on any atom is -0.341 e. The van der Waals surface area contributed by atoms with Crippen molar-refractivity contribution in [1.82, 2.24) is 9.80 Å². The van der Waals surface area contributed by atoms with E-state index in [9.17, 15) is 9.59 Å². The lowest BCUT2D eigenvalue weighted by Gasteiger charge is -2.24. The van der Waals surface area contributed by atoms with Crippen LogP contribution in [0.2, 0.25) is 0 Å². The molecule has 0 spiro atoms. The normalized spacial score (nSPS) is 16.2. The number of carbonyl (C=O) groups is 2. The minimum absolute atomic E-state index is 0.0113. The Morgan fingerprint density at radius 1 is 0.917 bits per heavy atom. The molecule has 2 rings (SSSR count). The molecule has 0 atom stereocenters. The van der Waals surface area contributed by atoms with Crippen LogP contribution in [0.4, 0.5) is 0 Å². The van der Waals surface area contributed by atoms with Gasteiger partial charge in [0.05, 0.1) is 0 Å². The summed E-state index contributed by atoms with van der Waals surface area (Å²) in [5.74, 6) is 0.255. The van der Waals surface area contributed by atoms with Crippen molar-refractivity contribution in [3.05, 3.63) is 35.4 Å². The average molecular weight is 330 g/mol. The van der Waals surface area contributed by atoms with Gasteiger partial charge in [0.1, 0.15) is 0 Å². The van der Waals surface area contributed by atoms with Gasteiger partial charge in [0.15, 0.2) is 0 Å². The molecular formula is C20H30N2O2. The molecule has 1 aliphatic rings. The molecule has 1 saturated heterocycles. The highest BCUT2D eigenvalue weighted by molar-refractivity contribution is 5.94. The molecule has 1 fully saturated rings. The largest absolute Gasteiger partial charge is 0.341 e. The molecule has 0 aliphatic carbocycles. The third-order valence-corrected chi connectivity index (χ3v) is 4.59. The predicted molar refractivity (Wildman–Crippen MR) is 97.1 cm³/mol. The fourth-order valence-electron chi connectivity index (χ4n) is 3.00. The highest BCUT2D eigenvalue weighted by Crippen LogP contribution is 2.22. The molecule has 0 aromatic heterocycles. The second kappa shape index (κ2) is 7.37. The number of hydrogen-bond donors (Lipinski definition) is 0. The molecule has 1 aromatic carbocycles. The Morgan fingerprint density at radius 3 is 2.00 bits per heavy atom. The van der Waals surface area contributed by atoms with Crippen molar-refractivity contribution in [2.75, 3.05) is 26.2 Å². The van der Waals surface area contributed by atoms with Crippen molar-refractivity contribution in [3.63, 3.8) is 0 Å². The van der Waals surface area contributed by atoms with Crippen LogP contribution in [0.15, 0.2) is 24.3 Å². The van der Waals surface area contributed by atoms with Crippen LogP contribution in [0.25, 0.3) is 0 Å². The Morgan fingerprint density at radius 2 is 1.46 bits per heavy atom. The van der Waals surface area contributed by atoms with Crippen molar-refractivity contribution >= 4 is 11.8 Å². The van der Waals surface area contributed by atoms with Crippen molar-refractivity contribution in [2.45, 2.75) is 46.5 Å². The zero-order valence-corrected chi connectivity index (χ0v) is 15.6. The van der Waals surface area contributed by atoms with Gasteiger partial charge in [0.25, 0.3) is 5.91 Å². The quantitative estimate of drug-likeness (QED) is 0.835. The summed E-state index contributed by atoms with van der Waals surface area (Å²) in [5, 5.41) is 0. The number of benzene rings is 1. The van der Waals surface area contributed by atoms with E-state index in [0.717, 1.165) is 18.5 Å².